The average Bonchev–Trinajstić information content (AvgIpc) is 3.08. The minimum absolute atomic E-state index is 0.0784. The molecular weight excluding hydrogens is 324 g/mol. The van der Waals surface area contributed by atoms with Crippen LogP contribution in [-0.2, 0) is 0 Å². The number of benzene rings is 1. The minimum atomic E-state index is 0.0784. The molecule has 0 atom stereocenters. The van der Waals surface area contributed by atoms with Gasteiger partial charge in [0.05, 0.1) is 11.9 Å². The molecule has 4 bridgehead atoms. The molecule has 2 aromatic heterocycles. The first-order chi connectivity index (χ1) is 12.8. The topological polar surface area (TPSA) is 52.7 Å². The van der Waals surface area contributed by atoms with Gasteiger partial charge in [-0.3, -0.25) is 9.36 Å². The van der Waals surface area contributed by atoms with E-state index in [0.29, 0.717) is 28.9 Å². The third kappa shape index (κ3) is 2.00. The molecular formula is C21H22N4O. The Morgan fingerprint density at radius 1 is 0.923 bits per heavy atom. The molecule has 0 aliphatic heterocycles. The van der Waals surface area contributed by atoms with Gasteiger partial charge in [0.15, 0.2) is 5.65 Å². The quantitative estimate of drug-likeness (QED) is 0.713. The lowest BCUT2D eigenvalue weighted by Crippen LogP contribution is -2.48. The standard InChI is InChI=1S/C21H22N4O/c26-21-18-11-23-25(17-4-2-1-3-5-17)20(18)22-12-24(21)19-15-7-13-6-14(9-15)10-16(19)8-13/h1-5,11-16,19H,6-10H2. The van der Waals surface area contributed by atoms with Crippen molar-refractivity contribution in [1.82, 2.24) is 19.3 Å². The first-order valence-corrected chi connectivity index (χ1v) is 9.78. The van der Waals surface area contributed by atoms with E-state index in [2.05, 4.69) is 10.1 Å². The van der Waals surface area contributed by atoms with Crippen molar-refractivity contribution < 1.29 is 0 Å². The van der Waals surface area contributed by atoms with Gasteiger partial charge in [0, 0.05) is 6.04 Å². The summed E-state index contributed by atoms with van der Waals surface area (Å²) < 4.78 is 3.71. The zero-order valence-electron chi connectivity index (χ0n) is 14.7. The van der Waals surface area contributed by atoms with Crippen LogP contribution in [0.3, 0.4) is 0 Å². The molecule has 132 valence electrons. The van der Waals surface area contributed by atoms with Crippen molar-refractivity contribution in [1.29, 1.82) is 0 Å². The Labute approximate surface area is 151 Å². The summed E-state index contributed by atoms with van der Waals surface area (Å²) in [6, 6.07) is 10.2. The first-order valence-electron chi connectivity index (χ1n) is 9.78. The van der Waals surface area contributed by atoms with E-state index in [9.17, 15) is 4.79 Å². The summed E-state index contributed by atoms with van der Waals surface area (Å²) in [6.07, 6.45) is 10.1. The second-order valence-electron chi connectivity index (χ2n) is 8.51. The fourth-order valence-electron chi connectivity index (χ4n) is 6.25. The summed E-state index contributed by atoms with van der Waals surface area (Å²) >= 11 is 0. The van der Waals surface area contributed by atoms with Crippen molar-refractivity contribution in [2.24, 2.45) is 23.7 Å². The number of nitrogens with zero attached hydrogens (tertiary/aromatic N) is 4. The van der Waals surface area contributed by atoms with Crippen molar-refractivity contribution in [2.75, 3.05) is 0 Å². The molecule has 4 saturated carbocycles. The normalized spacial score (nSPS) is 32.4. The molecule has 4 aliphatic rings. The summed E-state index contributed by atoms with van der Waals surface area (Å²) in [5, 5.41) is 5.07. The third-order valence-corrected chi connectivity index (χ3v) is 7.01. The second-order valence-corrected chi connectivity index (χ2v) is 8.51. The molecule has 4 fully saturated rings. The van der Waals surface area contributed by atoms with Gasteiger partial charge in [-0.15, -0.1) is 0 Å². The molecule has 5 nitrogen and oxygen atoms in total. The van der Waals surface area contributed by atoms with E-state index in [4.69, 9.17) is 0 Å². The van der Waals surface area contributed by atoms with Crippen LogP contribution in [0, 0.1) is 23.7 Å². The Morgan fingerprint density at radius 3 is 2.31 bits per heavy atom. The van der Waals surface area contributed by atoms with E-state index in [-0.39, 0.29) is 5.56 Å². The van der Waals surface area contributed by atoms with E-state index in [0.717, 1.165) is 17.5 Å². The Balaban J connectivity index is 1.46. The monoisotopic (exact) mass is 346 g/mol. The highest BCUT2D eigenvalue weighted by atomic mass is 16.1. The molecule has 0 saturated heterocycles. The van der Waals surface area contributed by atoms with Gasteiger partial charge in [-0.05, 0) is 67.9 Å². The van der Waals surface area contributed by atoms with Crippen molar-refractivity contribution in [3.63, 3.8) is 0 Å². The first kappa shape index (κ1) is 14.7. The van der Waals surface area contributed by atoms with Gasteiger partial charge in [0.1, 0.15) is 11.7 Å². The fourth-order valence-corrected chi connectivity index (χ4v) is 6.25. The van der Waals surface area contributed by atoms with Crippen molar-refractivity contribution in [2.45, 2.75) is 38.1 Å². The van der Waals surface area contributed by atoms with Crippen LogP contribution < -0.4 is 5.56 Å². The summed E-state index contributed by atoms with van der Waals surface area (Å²) in [5.74, 6) is 3.13. The average molecular weight is 346 g/mol. The van der Waals surface area contributed by atoms with Gasteiger partial charge in [-0.1, -0.05) is 18.2 Å². The highest BCUT2D eigenvalue weighted by molar-refractivity contribution is 5.74. The fraction of sp³-hybridized carbons (Fsp3) is 0.476. The van der Waals surface area contributed by atoms with Crippen LogP contribution in [0.4, 0.5) is 0 Å². The lowest BCUT2D eigenvalue weighted by molar-refractivity contribution is -0.0305. The second kappa shape index (κ2) is 5.29. The van der Waals surface area contributed by atoms with Gasteiger partial charge < -0.3 is 0 Å². The number of para-hydroxylation sites is 1. The number of fused-ring (bicyclic) bond motifs is 1. The Morgan fingerprint density at radius 2 is 1.62 bits per heavy atom. The van der Waals surface area contributed by atoms with Crippen LogP contribution in [0.5, 0.6) is 0 Å². The predicted octanol–water partition coefficient (Wildman–Crippen LogP) is 3.58. The molecule has 5 heteroatoms. The molecule has 0 radical (unpaired) electrons. The van der Waals surface area contributed by atoms with Crippen LogP contribution >= 0.6 is 0 Å². The molecule has 0 N–H and O–H groups in total. The lowest BCUT2D eigenvalue weighted by atomic mass is 9.54. The maximum atomic E-state index is 13.3. The zero-order valence-corrected chi connectivity index (χ0v) is 14.7. The Kier molecular flexibility index (Phi) is 2.99. The smallest absolute Gasteiger partial charge is 0.264 e. The maximum Gasteiger partial charge on any atom is 0.264 e. The van der Waals surface area contributed by atoms with Crippen LogP contribution in [0.25, 0.3) is 16.7 Å². The molecule has 7 rings (SSSR count). The van der Waals surface area contributed by atoms with Crippen LogP contribution in [-0.4, -0.2) is 19.3 Å². The molecule has 0 amide bonds. The molecule has 2 heterocycles. The number of hydrogen-bond donors (Lipinski definition) is 0. The zero-order chi connectivity index (χ0) is 17.3. The number of aromatic nitrogens is 4. The minimum Gasteiger partial charge on any atom is -0.295 e. The van der Waals surface area contributed by atoms with Crippen molar-refractivity contribution in [3.8, 4) is 5.69 Å². The summed E-state index contributed by atoms with van der Waals surface area (Å²) in [7, 11) is 0. The van der Waals surface area contributed by atoms with Crippen molar-refractivity contribution in [3.05, 3.63) is 53.2 Å². The highest BCUT2D eigenvalue weighted by Gasteiger charge is 2.49. The Hall–Kier alpha value is -2.43. The predicted molar refractivity (Wildman–Crippen MR) is 99.2 cm³/mol. The van der Waals surface area contributed by atoms with E-state index in [1.165, 1.54) is 32.1 Å². The van der Waals surface area contributed by atoms with Crippen molar-refractivity contribution >= 4 is 11.0 Å². The van der Waals surface area contributed by atoms with Gasteiger partial charge in [0.2, 0.25) is 0 Å². The summed E-state index contributed by atoms with van der Waals surface area (Å²) in [6.45, 7) is 0. The molecule has 4 aliphatic carbocycles. The van der Waals surface area contributed by atoms with Gasteiger partial charge >= 0.3 is 0 Å². The van der Waals surface area contributed by atoms with Crippen LogP contribution in [0.1, 0.15) is 38.1 Å². The maximum absolute atomic E-state index is 13.3. The number of hydrogen-bond acceptors (Lipinski definition) is 3. The van der Waals surface area contributed by atoms with E-state index < -0.39 is 0 Å². The number of rotatable bonds is 2. The van der Waals surface area contributed by atoms with Gasteiger partial charge in [-0.25, -0.2) is 9.67 Å². The largest absolute Gasteiger partial charge is 0.295 e. The molecule has 0 spiro atoms. The molecule has 26 heavy (non-hydrogen) atoms. The highest BCUT2D eigenvalue weighted by Crippen LogP contribution is 2.57. The van der Waals surface area contributed by atoms with E-state index in [1.807, 2.05) is 34.9 Å². The van der Waals surface area contributed by atoms with Crippen LogP contribution in [0.15, 0.2) is 47.7 Å². The lowest BCUT2D eigenvalue weighted by Gasteiger charge is -2.54. The SMILES string of the molecule is O=c1c2cnn(-c3ccccc3)c2ncn1C1C2CC3CC(C2)CC1C3. The van der Waals surface area contributed by atoms with Crippen LogP contribution in [0.2, 0.25) is 0 Å². The summed E-state index contributed by atoms with van der Waals surface area (Å²) in [4.78, 5) is 17.9. The van der Waals surface area contributed by atoms with E-state index in [1.54, 1.807) is 17.2 Å². The summed E-state index contributed by atoms with van der Waals surface area (Å²) in [5.41, 5.74) is 1.66. The van der Waals surface area contributed by atoms with E-state index >= 15 is 0 Å². The van der Waals surface area contributed by atoms with Gasteiger partial charge in [-0.2, -0.15) is 5.10 Å². The molecule has 0 unspecified atom stereocenters. The Bertz CT molecular complexity index is 1010. The third-order valence-electron chi connectivity index (χ3n) is 7.01. The van der Waals surface area contributed by atoms with Gasteiger partial charge in [0.25, 0.3) is 5.56 Å². The molecule has 1 aromatic carbocycles. The molecule has 3 aromatic rings.